The van der Waals surface area contributed by atoms with Crippen LogP contribution in [-0.4, -0.2) is 21.5 Å². The Morgan fingerprint density at radius 2 is 2.17 bits per heavy atom. The first-order chi connectivity index (χ1) is 5.81. The van der Waals surface area contributed by atoms with Crippen molar-refractivity contribution in [2.24, 2.45) is 0 Å². The smallest absolute Gasteiger partial charge is 0.0644 e. The molecule has 1 rings (SSSR count). The molecule has 12 heavy (non-hydrogen) atoms. The second kappa shape index (κ2) is 4.26. The molecular formula is C9H16N2O. The molecule has 1 N–H and O–H groups in total. The predicted molar refractivity (Wildman–Crippen MR) is 48.1 cm³/mol. The van der Waals surface area contributed by atoms with Gasteiger partial charge in [-0.05, 0) is 18.9 Å². The first-order valence-corrected chi connectivity index (χ1v) is 4.48. The second-order valence-corrected chi connectivity index (χ2v) is 2.78. The van der Waals surface area contributed by atoms with E-state index in [1.165, 1.54) is 5.69 Å². The van der Waals surface area contributed by atoms with Gasteiger partial charge in [0.05, 0.1) is 18.8 Å². The Balaban J connectivity index is 2.84. The molecule has 1 aromatic rings. The van der Waals surface area contributed by atoms with E-state index in [9.17, 15) is 0 Å². The fourth-order valence-corrected chi connectivity index (χ4v) is 1.26. The summed E-state index contributed by atoms with van der Waals surface area (Å²) < 4.78 is 1.89. The van der Waals surface area contributed by atoms with E-state index < -0.39 is 0 Å². The molecule has 0 saturated carbocycles. The van der Waals surface area contributed by atoms with Gasteiger partial charge in [-0.2, -0.15) is 5.10 Å². The van der Waals surface area contributed by atoms with E-state index in [0.29, 0.717) is 6.54 Å². The fraction of sp³-hybridized carbons (Fsp3) is 0.667. The first-order valence-electron chi connectivity index (χ1n) is 4.48. The number of hydrogen-bond acceptors (Lipinski definition) is 2. The van der Waals surface area contributed by atoms with Crippen LogP contribution in [0.3, 0.4) is 0 Å². The molecule has 68 valence electrons. The largest absolute Gasteiger partial charge is 0.394 e. The highest BCUT2D eigenvalue weighted by Gasteiger charge is 2.03. The quantitative estimate of drug-likeness (QED) is 0.728. The highest BCUT2D eigenvalue weighted by Crippen LogP contribution is 2.05. The van der Waals surface area contributed by atoms with Crippen LogP contribution in [0.25, 0.3) is 0 Å². The lowest BCUT2D eigenvalue weighted by molar-refractivity contribution is 0.267. The van der Waals surface area contributed by atoms with Crippen molar-refractivity contribution in [3.8, 4) is 0 Å². The van der Waals surface area contributed by atoms with E-state index in [-0.39, 0.29) is 6.61 Å². The summed E-state index contributed by atoms with van der Waals surface area (Å²) in [5.74, 6) is 0. The molecule has 3 nitrogen and oxygen atoms in total. The maximum Gasteiger partial charge on any atom is 0.0644 e. The van der Waals surface area contributed by atoms with Crippen molar-refractivity contribution in [2.45, 2.75) is 33.2 Å². The minimum absolute atomic E-state index is 0.165. The summed E-state index contributed by atoms with van der Waals surface area (Å²) in [7, 11) is 0. The molecule has 0 spiro atoms. The summed E-state index contributed by atoms with van der Waals surface area (Å²) in [5, 5.41) is 13.1. The van der Waals surface area contributed by atoms with Crippen molar-refractivity contribution in [1.29, 1.82) is 0 Å². The van der Waals surface area contributed by atoms with Crippen LogP contribution < -0.4 is 0 Å². The second-order valence-electron chi connectivity index (χ2n) is 2.78. The van der Waals surface area contributed by atoms with Crippen molar-refractivity contribution in [1.82, 2.24) is 9.78 Å². The van der Waals surface area contributed by atoms with Crippen molar-refractivity contribution in [2.75, 3.05) is 6.61 Å². The molecule has 1 heterocycles. The molecular weight excluding hydrogens is 152 g/mol. The Bertz CT molecular complexity index is 243. The zero-order chi connectivity index (χ0) is 8.97. The molecule has 0 aliphatic carbocycles. The van der Waals surface area contributed by atoms with Crippen molar-refractivity contribution < 1.29 is 5.11 Å². The van der Waals surface area contributed by atoms with Gasteiger partial charge in [-0.1, -0.05) is 13.8 Å². The summed E-state index contributed by atoms with van der Waals surface area (Å²) in [6.45, 7) is 4.97. The lowest BCUT2D eigenvalue weighted by Crippen LogP contribution is -2.07. The lowest BCUT2D eigenvalue weighted by Gasteiger charge is -2.01. The van der Waals surface area contributed by atoms with Gasteiger partial charge in [-0.25, -0.2) is 0 Å². The van der Waals surface area contributed by atoms with Crippen LogP contribution in [0.4, 0.5) is 0 Å². The summed E-state index contributed by atoms with van der Waals surface area (Å²) >= 11 is 0. The molecule has 0 radical (unpaired) electrons. The number of hydrogen-bond donors (Lipinski definition) is 1. The third-order valence-corrected chi connectivity index (χ3v) is 1.95. The number of aromatic nitrogens is 2. The number of aliphatic hydroxyl groups is 1. The summed E-state index contributed by atoms with van der Waals surface area (Å²) in [6, 6.07) is 2.11. The number of nitrogens with zero attached hydrogens (tertiary/aromatic N) is 2. The molecule has 0 fully saturated rings. The van der Waals surface area contributed by atoms with Crippen molar-refractivity contribution in [3.05, 3.63) is 17.5 Å². The Morgan fingerprint density at radius 3 is 2.67 bits per heavy atom. The standard InChI is InChI=1S/C9H16N2O/c1-3-8-7-9(4-2)11(10-8)5-6-12/h7,12H,3-6H2,1-2H3. The van der Waals surface area contributed by atoms with Gasteiger partial charge in [0.1, 0.15) is 0 Å². The van der Waals surface area contributed by atoms with Crippen molar-refractivity contribution in [3.63, 3.8) is 0 Å². The van der Waals surface area contributed by atoms with Crippen LogP contribution in [0.2, 0.25) is 0 Å². The average Bonchev–Trinajstić information content (AvgIpc) is 2.48. The molecule has 0 aliphatic heterocycles. The third-order valence-electron chi connectivity index (χ3n) is 1.95. The van der Waals surface area contributed by atoms with Crippen LogP contribution in [0.15, 0.2) is 6.07 Å². The van der Waals surface area contributed by atoms with Gasteiger partial charge >= 0.3 is 0 Å². The minimum Gasteiger partial charge on any atom is -0.394 e. The Kier molecular flexibility index (Phi) is 3.29. The maximum absolute atomic E-state index is 8.76. The Morgan fingerprint density at radius 1 is 1.42 bits per heavy atom. The minimum atomic E-state index is 0.165. The molecule has 0 atom stereocenters. The van der Waals surface area contributed by atoms with Gasteiger partial charge in [0.15, 0.2) is 0 Å². The lowest BCUT2D eigenvalue weighted by atomic mass is 10.3. The van der Waals surface area contributed by atoms with E-state index in [2.05, 4.69) is 25.0 Å². The molecule has 0 aliphatic rings. The van der Waals surface area contributed by atoms with E-state index in [1.807, 2.05) is 4.68 Å². The van der Waals surface area contributed by atoms with Gasteiger partial charge < -0.3 is 5.11 Å². The summed E-state index contributed by atoms with van der Waals surface area (Å²) in [5.41, 5.74) is 2.32. The van der Waals surface area contributed by atoms with Gasteiger partial charge in [0.2, 0.25) is 0 Å². The zero-order valence-corrected chi connectivity index (χ0v) is 7.75. The van der Waals surface area contributed by atoms with E-state index >= 15 is 0 Å². The molecule has 3 heteroatoms. The average molecular weight is 168 g/mol. The molecule has 1 aromatic heterocycles. The fourth-order valence-electron chi connectivity index (χ4n) is 1.26. The molecule has 0 bridgehead atoms. The monoisotopic (exact) mass is 168 g/mol. The third kappa shape index (κ3) is 1.85. The molecule has 0 saturated heterocycles. The number of aryl methyl sites for hydroxylation is 2. The molecule has 0 aromatic carbocycles. The number of aliphatic hydroxyl groups excluding tert-OH is 1. The van der Waals surface area contributed by atoms with E-state index in [0.717, 1.165) is 18.5 Å². The normalized spacial score (nSPS) is 10.6. The Hall–Kier alpha value is -0.830. The van der Waals surface area contributed by atoms with Crippen LogP contribution in [0.1, 0.15) is 25.2 Å². The van der Waals surface area contributed by atoms with Gasteiger partial charge in [0, 0.05) is 5.69 Å². The summed E-state index contributed by atoms with van der Waals surface area (Å²) in [4.78, 5) is 0. The Labute approximate surface area is 73.0 Å². The maximum atomic E-state index is 8.76. The highest BCUT2D eigenvalue weighted by atomic mass is 16.3. The zero-order valence-electron chi connectivity index (χ0n) is 7.75. The van der Waals surface area contributed by atoms with Gasteiger partial charge in [-0.3, -0.25) is 4.68 Å². The highest BCUT2D eigenvalue weighted by molar-refractivity contribution is 5.10. The van der Waals surface area contributed by atoms with Gasteiger partial charge in [-0.15, -0.1) is 0 Å². The first kappa shape index (κ1) is 9.26. The van der Waals surface area contributed by atoms with Crippen LogP contribution in [0.5, 0.6) is 0 Å². The van der Waals surface area contributed by atoms with Crippen LogP contribution in [0, 0.1) is 0 Å². The topological polar surface area (TPSA) is 38.0 Å². The van der Waals surface area contributed by atoms with Crippen LogP contribution in [-0.2, 0) is 19.4 Å². The van der Waals surface area contributed by atoms with E-state index in [4.69, 9.17) is 5.11 Å². The SMILES string of the molecule is CCc1cc(CC)n(CCO)n1. The predicted octanol–water partition coefficient (Wildman–Crippen LogP) is 1.00. The molecule has 0 amide bonds. The van der Waals surface area contributed by atoms with E-state index in [1.54, 1.807) is 0 Å². The summed E-state index contributed by atoms with van der Waals surface area (Å²) in [6.07, 6.45) is 1.94. The number of rotatable bonds is 4. The van der Waals surface area contributed by atoms with Gasteiger partial charge in [0.25, 0.3) is 0 Å². The molecule has 0 unspecified atom stereocenters. The van der Waals surface area contributed by atoms with Crippen molar-refractivity contribution >= 4 is 0 Å². The van der Waals surface area contributed by atoms with Crippen LogP contribution >= 0.6 is 0 Å².